The summed E-state index contributed by atoms with van der Waals surface area (Å²) >= 11 is 0. The molecule has 93 heavy (non-hydrogen) atoms. The molecular formula is C71H79N5O10SY6-6. The first-order valence-electron chi connectivity index (χ1n) is 27.7. The number of sulfonamides is 1. The molecule has 0 aliphatic rings. The number of fused-ring (bicyclic) bond motifs is 2. The van der Waals surface area contributed by atoms with Gasteiger partial charge in [-0.1, -0.05) is 76.2 Å². The molecule has 1 N–H and O–H groups in total. The number of hydrogen-bond acceptors (Lipinski definition) is 14. The van der Waals surface area contributed by atoms with E-state index in [-0.39, 0.29) is 227 Å². The number of aldehydes is 2. The van der Waals surface area contributed by atoms with Crippen LogP contribution in [0, 0.1) is 77.9 Å². The molecule has 2 heterocycles. The molecule has 0 fully saturated rings. The van der Waals surface area contributed by atoms with Crippen molar-refractivity contribution in [3.8, 4) is 0 Å². The number of methoxy groups -OCH3 is 6. The molecule has 0 spiro atoms. The first kappa shape index (κ1) is 95.8. The minimum Gasteiger partial charge on any atom is -0.355 e. The molecule has 0 aliphatic carbocycles. The number of nitrogens with one attached hydrogen (secondary N) is 1. The van der Waals surface area contributed by atoms with Gasteiger partial charge in [-0.05, 0) is 38.0 Å². The molecule has 0 amide bonds. The largest absolute Gasteiger partial charge is 0.355 e. The first-order chi connectivity index (χ1) is 42.0. The van der Waals surface area contributed by atoms with E-state index in [4.69, 9.17) is 28.4 Å². The number of carbonyl (C=O) groups excluding carboxylic acids is 2. The molecule has 0 unspecified atom stereocenters. The second-order valence-electron chi connectivity index (χ2n) is 19.6. The third-order valence-corrected chi connectivity index (χ3v) is 14.5. The summed E-state index contributed by atoms with van der Waals surface area (Å²) in [5.74, 6) is 0. The van der Waals surface area contributed by atoms with Crippen LogP contribution in [0.25, 0.3) is 21.5 Å². The maximum atomic E-state index is 13.1. The normalized spacial score (nSPS) is 10.2. The number of benzene rings is 7. The molecule has 0 bridgehead atoms. The molecular weight excluding hydrogens is 1650 g/mol. The summed E-state index contributed by atoms with van der Waals surface area (Å²) in [6.45, 7) is 14.2. The molecule has 478 valence electrons. The Morgan fingerprint density at radius 2 is 0.946 bits per heavy atom. The molecule has 9 aromatic rings. The van der Waals surface area contributed by atoms with Gasteiger partial charge < -0.3 is 58.3 Å². The van der Waals surface area contributed by atoms with Crippen molar-refractivity contribution < 1.29 is 243 Å². The number of rotatable bonds is 21. The third-order valence-electron chi connectivity index (χ3n) is 12.6. The molecule has 15 nitrogen and oxygen atoms in total. The number of pyridine rings is 2. The van der Waals surface area contributed by atoms with Crippen LogP contribution in [0.15, 0.2) is 168 Å². The molecule has 0 atom stereocenters. The molecule has 0 saturated heterocycles. The van der Waals surface area contributed by atoms with E-state index in [9.17, 15) is 18.0 Å². The second kappa shape index (κ2) is 55.4. The van der Waals surface area contributed by atoms with Crippen LogP contribution in [0.2, 0.25) is 0 Å². The molecule has 7 aromatic carbocycles. The van der Waals surface area contributed by atoms with Gasteiger partial charge in [0.2, 0.25) is 10.0 Å². The van der Waals surface area contributed by atoms with E-state index in [1.54, 1.807) is 95.7 Å². The molecule has 0 aliphatic heterocycles. The first-order valence-corrected chi connectivity index (χ1v) is 29.1. The van der Waals surface area contributed by atoms with E-state index < -0.39 is 16.3 Å². The molecule has 2 aromatic heterocycles. The Kier molecular flexibility index (Phi) is 57.1. The SMILES string of the molecule is COC(CN(Cc1[c-]cc(C)cc1)S(=O)(=O)c1ccc(C)cc1)OC.COC(CN=Cc1[c-]cc(C)cc1)OC.COC(CNCc1[c-]cc(C)cc1)OC.Cc1c[c-]c(C=O)cc1.Cc1c[c-]c2cnccc2c1.O=Cc1c[c-]c2cnccc2c1.[Y].[Y].[Y].[Y].[Y].[Y]. The predicted octanol–water partition coefficient (Wildman–Crippen LogP) is 12.0. The Hall–Kier alpha value is -1.38. The van der Waals surface area contributed by atoms with Gasteiger partial charge >= 0.3 is 0 Å². The monoisotopic (exact) mass is 1730 g/mol. The predicted molar refractivity (Wildman–Crippen MR) is 343 cm³/mol. The van der Waals surface area contributed by atoms with Crippen molar-refractivity contribution in [2.45, 2.75) is 78.4 Å². The van der Waals surface area contributed by atoms with Gasteiger partial charge in [0.25, 0.3) is 0 Å². The van der Waals surface area contributed by atoms with Gasteiger partial charge in [0.05, 0.1) is 24.3 Å². The minimum absolute atomic E-state index is 0. The van der Waals surface area contributed by atoms with Crippen LogP contribution >= 0.6 is 0 Å². The zero-order valence-electron chi connectivity index (χ0n) is 55.3. The Bertz CT molecular complexity index is 3550. The van der Waals surface area contributed by atoms with E-state index in [1.807, 2.05) is 107 Å². The van der Waals surface area contributed by atoms with Crippen LogP contribution in [-0.2, 0) is 248 Å². The Labute approximate surface area is 703 Å². The Morgan fingerprint density at radius 1 is 0.495 bits per heavy atom. The smallest absolute Gasteiger partial charge is 0.243 e. The van der Waals surface area contributed by atoms with Crippen molar-refractivity contribution in [3.05, 3.63) is 256 Å². The van der Waals surface area contributed by atoms with Crippen molar-refractivity contribution in [3.63, 3.8) is 0 Å². The molecule has 6 radical (unpaired) electrons. The zero-order chi connectivity index (χ0) is 63.4. The molecule has 9 rings (SSSR count). The van der Waals surface area contributed by atoms with Gasteiger partial charge in [0.1, 0.15) is 6.29 Å². The number of carbonyl (C=O) groups is 2. The fraction of sp³-hybridized carbons (Fsp3) is 0.282. The molecule has 0 saturated carbocycles. The summed E-state index contributed by atoms with van der Waals surface area (Å²) in [5.41, 5.74) is 11.0. The van der Waals surface area contributed by atoms with Gasteiger partial charge in [-0.25, -0.2) is 8.42 Å². The van der Waals surface area contributed by atoms with Gasteiger partial charge in [0.15, 0.2) is 18.9 Å². The standard InChI is InChI=1S/C19H24NO4S.C12H18NO2.C12H16NO2.C10H6NO.C10H8N.C8H7O.6Y/c1-15-5-9-17(10-6-15)13-20(14-19(23-3)24-4)25(21,22)18-11-7-16(2)8-12-18;2*1-10-4-6-11(7-5-10)8-13-9-12(14-2)15-3;12-7-8-1-2-10-6-11-4-3-9(10)5-8;1-8-2-3-10-7-11-5-4-9(10)6-8;1-7-2-4-8(6-9)5-3-7;;;;;;/h5-9,11-12,19H,13-14H2,1-4H3;4-6,12-13H,8-9H2,1-3H3;4-6,8,12H,9H2,1-3H3;1,3-7H;2,4-7H,1H3;2-4,6H,1H3;;;;;;/q6*-1;;;;;;. The van der Waals surface area contributed by atoms with Gasteiger partial charge in [-0.2, -0.15) is 64.0 Å². The quantitative estimate of drug-likeness (QED) is 0.0311. The number of aliphatic imine (C=N–C) groups is 1. The summed E-state index contributed by atoms with van der Waals surface area (Å²) in [7, 11) is 5.75. The van der Waals surface area contributed by atoms with E-state index in [1.165, 1.54) is 40.6 Å². The van der Waals surface area contributed by atoms with E-state index >= 15 is 0 Å². The van der Waals surface area contributed by atoms with Crippen LogP contribution in [0.3, 0.4) is 0 Å². The van der Waals surface area contributed by atoms with Crippen LogP contribution in [0.1, 0.15) is 70.8 Å². The minimum atomic E-state index is -3.69. The van der Waals surface area contributed by atoms with Crippen molar-refractivity contribution in [1.82, 2.24) is 19.6 Å². The number of ether oxygens (including phenoxy) is 6. The number of nitrogens with zero attached hydrogens (tertiary/aromatic N) is 4. The second-order valence-corrected chi connectivity index (χ2v) is 21.6. The number of aromatic nitrogens is 2. The van der Waals surface area contributed by atoms with Crippen molar-refractivity contribution in [1.29, 1.82) is 0 Å². The summed E-state index contributed by atoms with van der Waals surface area (Å²) in [6, 6.07) is 59.8. The zero-order valence-corrected chi connectivity index (χ0v) is 73.1. The van der Waals surface area contributed by atoms with Crippen LogP contribution in [-0.4, -0.2) is 123 Å². The number of aryl methyl sites for hydroxylation is 6. The Morgan fingerprint density at radius 3 is 1.41 bits per heavy atom. The average Bonchev–Trinajstić information content (AvgIpc) is 2.91. The third kappa shape index (κ3) is 38.1. The van der Waals surface area contributed by atoms with Crippen LogP contribution < -0.4 is 5.32 Å². The van der Waals surface area contributed by atoms with E-state index in [0.717, 1.165) is 68.7 Å². The van der Waals surface area contributed by atoms with Gasteiger partial charge in [-0.15, -0.1) is 145 Å². The molecule has 22 heteroatoms. The maximum Gasteiger partial charge on any atom is 0.243 e. The number of hydrogen-bond donors (Lipinski definition) is 1. The van der Waals surface area contributed by atoms with Gasteiger partial charge in [0, 0.05) is 264 Å². The van der Waals surface area contributed by atoms with E-state index in [2.05, 4.69) is 88.7 Å². The van der Waals surface area contributed by atoms with Crippen molar-refractivity contribution >= 4 is 50.4 Å². The van der Waals surface area contributed by atoms with Crippen LogP contribution in [0.5, 0.6) is 0 Å². The van der Waals surface area contributed by atoms with Crippen molar-refractivity contribution in [2.75, 3.05) is 62.3 Å². The summed E-state index contributed by atoms with van der Waals surface area (Å²) in [5, 5.41) is 7.46. The Balaban J connectivity index is -0.00000106. The maximum absolute atomic E-state index is 13.1. The fourth-order valence-electron chi connectivity index (χ4n) is 7.47. The van der Waals surface area contributed by atoms with Crippen molar-refractivity contribution in [2.24, 2.45) is 4.99 Å². The van der Waals surface area contributed by atoms with Crippen LogP contribution in [0.4, 0.5) is 0 Å². The fourth-order valence-corrected chi connectivity index (χ4v) is 8.88. The van der Waals surface area contributed by atoms with E-state index in [0.29, 0.717) is 24.2 Å². The summed E-state index contributed by atoms with van der Waals surface area (Å²) in [4.78, 5) is 32.9. The summed E-state index contributed by atoms with van der Waals surface area (Å²) in [6.07, 6.45) is 9.33. The average molecular weight is 1730 g/mol. The topological polar surface area (TPSA) is 177 Å². The van der Waals surface area contributed by atoms with Gasteiger partial charge in [-0.3, -0.25) is 0 Å². The summed E-state index contributed by atoms with van der Waals surface area (Å²) < 4.78 is 58.1.